The Morgan fingerprint density at radius 2 is 2.30 bits per heavy atom. The zero-order valence-corrected chi connectivity index (χ0v) is 5.89. The van der Waals surface area contributed by atoms with E-state index < -0.39 is 0 Å². The maximum Gasteiger partial charge on any atom is 0.222 e. The molecule has 0 atom stereocenters. The number of rotatable bonds is 1. The van der Waals surface area contributed by atoms with E-state index in [4.69, 9.17) is 5.73 Å². The molecule has 0 aromatic heterocycles. The molecule has 3 N–H and O–H groups in total. The first kappa shape index (κ1) is 6.16. The maximum absolute atomic E-state index is 10.6. The first-order valence-corrected chi connectivity index (χ1v) is 3.75. The smallest absolute Gasteiger partial charge is 0.222 e. The average molecular weight is 140 g/mol. The Bertz CT molecular complexity index is 162. The standard InChI is InChI=1S/C7H12N2O/c8-4-5-1-7(2-5)3-6(10)9-7/h5H,1-4,8H2,(H,9,10). The molecule has 2 rings (SSSR count). The fourth-order valence-electron chi connectivity index (χ4n) is 2.04. The molecule has 0 aromatic carbocycles. The average Bonchev–Trinajstić information content (AvgIpc) is 1.74. The Morgan fingerprint density at radius 1 is 1.70 bits per heavy atom. The fourth-order valence-corrected chi connectivity index (χ4v) is 2.04. The van der Waals surface area contributed by atoms with Gasteiger partial charge in [-0.05, 0) is 25.3 Å². The van der Waals surface area contributed by atoms with Crippen molar-refractivity contribution < 1.29 is 4.79 Å². The summed E-state index contributed by atoms with van der Waals surface area (Å²) in [5.41, 5.74) is 5.67. The first-order chi connectivity index (χ1) is 4.74. The van der Waals surface area contributed by atoms with E-state index in [1.54, 1.807) is 0 Å². The quantitative estimate of drug-likeness (QED) is 0.487. The lowest BCUT2D eigenvalue weighted by Gasteiger charge is -2.53. The van der Waals surface area contributed by atoms with Crippen molar-refractivity contribution in [2.24, 2.45) is 11.7 Å². The summed E-state index contributed by atoms with van der Waals surface area (Å²) in [6.07, 6.45) is 2.95. The number of nitrogens with one attached hydrogen (secondary N) is 1. The summed E-state index contributed by atoms with van der Waals surface area (Å²) < 4.78 is 0. The topological polar surface area (TPSA) is 55.1 Å². The molecule has 3 heteroatoms. The normalized spacial score (nSPS) is 44.1. The number of carbonyl (C=O) groups is 1. The SMILES string of the molecule is NCC1CC2(CC(=O)N2)C1. The van der Waals surface area contributed by atoms with E-state index in [0.717, 1.165) is 25.8 Å². The zero-order chi connectivity index (χ0) is 7.19. The number of hydrogen-bond acceptors (Lipinski definition) is 2. The molecular formula is C7H12N2O. The molecule has 10 heavy (non-hydrogen) atoms. The summed E-state index contributed by atoms with van der Waals surface area (Å²) in [5, 5.41) is 2.93. The van der Waals surface area contributed by atoms with Crippen molar-refractivity contribution in [3.8, 4) is 0 Å². The van der Waals surface area contributed by atoms with E-state index in [1.807, 2.05) is 0 Å². The number of β-lactam (4-membered cyclic amide) rings is 1. The highest BCUT2D eigenvalue weighted by Gasteiger charge is 2.51. The minimum absolute atomic E-state index is 0.204. The minimum atomic E-state index is 0.204. The Balaban J connectivity index is 1.85. The van der Waals surface area contributed by atoms with Crippen molar-refractivity contribution in [2.75, 3.05) is 6.54 Å². The van der Waals surface area contributed by atoms with Gasteiger partial charge in [0.1, 0.15) is 0 Å². The molecule has 0 radical (unpaired) electrons. The highest BCUT2D eigenvalue weighted by Crippen LogP contribution is 2.43. The third-order valence-corrected chi connectivity index (χ3v) is 2.60. The third-order valence-electron chi connectivity index (χ3n) is 2.60. The van der Waals surface area contributed by atoms with Crippen molar-refractivity contribution in [1.29, 1.82) is 0 Å². The predicted molar refractivity (Wildman–Crippen MR) is 37.3 cm³/mol. The summed E-state index contributed by atoms with van der Waals surface area (Å²) in [5.74, 6) is 0.871. The van der Waals surface area contributed by atoms with E-state index >= 15 is 0 Å². The second-order valence-corrected chi connectivity index (χ2v) is 3.52. The molecule has 1 saturated carbocycles. The second kappa shape index (κ2) is 1.72. The van der Waals surface area contributed by atoms with Gasteiger partial charge in [-0.3, -0.25) is 4.79 Å². The molecule has 0 bridgehead atoms. The van der Waals surface area contributed by atoms with Crippen LogP contribution < -0.4 is 11.1 Å². The Morgan fingerprint density at radius 3 is 2.70 bits per heavy atom. The van der Waals surface area contributed by atoms with Crippen LogP contribution in [-0.4, -0.2) is 18.0 Å². The van der Waals surface area contributed by atoms with E-state index in [1.165, 1.54) is 0 Å². The van der Waals surface area contributed by atoms with Crippen LogP contribution in [0.15, 0.2) is 0 Å². The third kappa shape index (κ3) is 0.669. The minimum Gasteiger partial charge on any atom is -0.350 e. The van der Waals surface area contributed by atoms with Gasteiger partial charge < -0.3 is 11.1 Å². The fraction of sp³-hybridized carbons (Fsp3) is 0.857. The van der Waals surface area contributed by atoms with Crippen molar-refractivity contribution in [1.82, 2.24) is 5.32 Å². The number of amides is 1. The largest absolute Gasteiger partial charge is 0.350 e. The van der Waals surface area contributed by atoms with Gasteiger partial charge in [0.15, 0.2) is 0 Å². The van der Waals surface area contributed by atoms with Crippen LogP contribution in [0.5, 0.6) is 0 Å². The van der Waals surface area contributed by atoms with Gasteiger partial charge in [0, 0.05) is 12.0 Å². The summed E-state index contributed by atoms with van der Waals surface area (Å²) in [4.78, 5) is 10.6. The van der Waals surface area contributed by atoms with Gasteiger partial charge in [-0.1, -0.05) is 0 Å². The van der Waals surface area contributed by atoms with Crippen molar-refractivity contribution >= 4 is 5.91 Å². The lowest BCUT2D eigenvalue weighted by atomic mass is 9.63. The lowest BCUT2D eigenvalue weighted by Crippen LogP contribution is -2.68. The van der Waals surface area contributed by atoms with Crippen LogP contribution in [-0.2, 0) is 4.79 Å². The van der Waals surface area contributed by atoms with Crippen LogP contribution in [0.3, 0.4) is 0 Å². The van der Waals surface area contributed by atoms with Gasteiger partial charge in [0.25, 0.3) is 0 Å². The number of hydrogen-bond donors (Lipinski definition) is 2. The van der Waals surface area contributed by atoms with E-state index in [9.17, 15) is 4.79 Å². The van der Waals surface area contributed by atoms with Gasteiger partial charge in [0.2, 0.25) is 5.91 Å². The van der Waals surface area contributed by atoms with Crippen LogP contribution in [0.2, 0.25) is 0 Å². The molecule has 0 aromatic rings. The van der Waals surface area contributed by atoms with E-state index in [-0.39, 0.29) is 11.4 Å². The van der Waals surface area contributed by atoms with Crippen molar-refractivity contribution in [3.63, 3.8) is 0 Å². The molecule has 3 nitrogen and oxygen atoms in total. The molecule has 2 fully saturated rings. The van der Waals surface area contributed by atoms with E-state index in [2.05, 4.69) is 5.32 Å². The van der Waals surface area contributed by atoms with Gasteiger partial charge in [-0.25, -0.2) is 0 Å². The second-order valence-electron chi connectivity index (χ2n) is 3.52. The monoisotopic (exact) mass is 140 g/mol. The summed E-state index contributed by atoms with van der Waals surface area (Å²) in [7, 11) is 0. The molecular weight excluding hydrogens is 128 g/mol. The van der Waals surface area contributed by atoms with Crippen LogP contribution in [0, 0.1) is 5.92 Å². The number of carbonyl (C=O) groups excluding carboxylic acids is 1. The molecule has 2 aliphatic rings. The molecule has 1 saturated heterocycles. The number of nitrogens with two attached hydrogens (primary N) is 1. The summed E-state index contributed by atoms with van der Waals surface area (Å²) >= 11 is 0. The van der Waals surface area contributed by atoms with Crippen LogP contribution in [0.4, 0.5) is 0 Å². The Hall–Kier alpha value is -0.570. The highest BCUT2D eigenvalue weighted by atomic mass is 16.2. The highest BCUT2D eigenvalue weighted by molar-refractivity contribution is 5.85. The summed E-state index contributed by atoms with van der Waals surface area (Å²) in [6.45, 7) is 0.775. The molecule has 1 aliphatic heterocycles. The predicted octanol–water partition coefficient (Wildman–Crippen LogP) is -0.386. The molecule has 1 spiro atoms. The van der Waals surface area contributed by atoms with Gasteiger partial charge in [-0.2, -0.15) is 0 Å². The van der Waals surface area contributed by atoms with Gasteiger partial charge in [0.05, 0.1) is 0 Å². The molecule has 0 unspecified atom stereocenters. The molecule has 56 valence electrons. The van der Waals surface area contributed by atoms with Crippen LogP contribution >= 0.6 is 0 Å². The van der Waals surface area contributed by atoms with Crippen LogP contribution in [0.1, 0.15) is 19.3 Å². The van der Waals surface area contributed by atoms with Gasteiger partial charge >= 0.3 is 0 Å². The van der Waals surface area contributed by atoms with E-state index in [0.29, 0.717) is 5.92 Å². The summed E-state index contributed by atoms with van der Waals surface area (Å²) in [6, 6.07) is 0. The molecule has 1 amide bonds. The van der Waals surface area contributed by atoms with Gasteiger partial charge in [-0.15, -0.1) is 0 Å². The zero-order valence-electron chi connectivity index (χ0n) is 5.89. The molecule has 1 heterocycles. The van der Waals surface area contributed by atoms with Crippen molar-refractivity contribution in [3.05, 3.63) is 0 Å². The lowest BCUT2D eigenvalue weighted by molar-refractivity contribution is -0.138. The molecule has 1 aliphatic carbocycles. The Labute approximate surface area is 60.0 Å². The Kier molecular flexibility index (Phi) is 1.06. The first-order valence-electron chi connectivity index (χ1n) is 3.75. The maximum atomic E-state index is 10.6. The van der Waals surface area contributed by atoms with Crippen LogP contribution in [0.25, 0.3) is 0 Å². The van der Waals surface area contributed by atoms with Crippen molar-refractivity contribution in [2.45, 2.75) is 24.8 Å².